The average molecular weight is 322 g/mol. The van der Waals surface area contributed by atoms with E-state index in [0.29, 0.717) is 30.0 Å². The fourth-order valence-corrected chi connectivity index (χ4v) is 3.58. The zero-order valence-corrected chi connectivity index (χ0v) is 13.4. The monoisotopic (exact) mass is 322 g/mol. The van der Waals surface area contributed by atoms with Crippen LogP contribution in [0, 0.1) is 0 Å². The van der Waals surface area contributed by atoms with Crippen molar-refractivity contribution in [2.45, 2.75) is 12.6 Å². The molecular formula is C19H18N2O3. The number of carbonyl (C=O) groups is 2. The number of amides is 2. The van der Waals surface area contributed by atoms with E-state index >= 15 is 0 Å². The van der Waals surface area contributed by atoms with Crippen molar-refractivity contribution in [3.8, 4) is 0 Å². The highest BCUT2D eigenvalue weighted by atomic mass is 16.5. The molecule has 2 amide bonds. The number of anilines is 1. The fourth-order valence-electron chi connectivity index (χ4n) is 3.58. The maximum atomic E-state index is 13.0. The van der Waals surface area contributed by atoms with Crippen molar-refractivity contribution < 1.29 is 14.3 Å². The van der Waals surface area contributed by atoms with E-state index in [1.165, 1.54) is 0 Å². The molecule has 0 bridgehead atoms. The molecule has 5 nitrogen and oxygen atoms in total. The summed E-state index contributed by atoms with van der Waals surface area (Å²) < 4.78 is 5.12. The van der Waals surface area contributed by atoms with E-state index in [9.17, 15) is 9.59 Å². The molecule has 0 saturated heterocycles. The predicted molar refractivity (Wildman–Crippen MR) is 90.0 cm³/mol. The van der Waals surface area contributed by atoms with Crippen molar-refractivity contribution >= 4 is 17.5 Å². The molecule has 122 valence electrons. The van der Waals surface area contributed by atoms with Crippen LogP contribution in [0.1, 0.15) is 38.9 Å². The maximum Gasteiger partial charge on any atom is 0.260 e. The van der Waals surface area contributed by atoms with Gasteiger partial charge < -0.3 is 9.64 Å². The van der Waals surface area contributed by atoms with Crippen molar-refractivity contribution in [3.63, 3.8) is 0 Å². The highest BCUT2D eigenvalue weighted by Crippen LogP contribution is 2.44. The number of benzene rings is 2. The summed E-state index contributed by atoms with van der Waals surface area (Å²) in [5.41, 5.74) is 2.83. The number of carbonyl (C=O) groups excluding carboxylic acids is 2. The van der Waals surface area contributed by atoms with Gasteiger partial charge in [0.1, 0.15) is 6.17 Å². The van der Waals surface area contributed by atoms with Crippen LogP contribution in [-0.2, 0) is 4.74 Å². The SMILES string of the molecule is COCCCN1C(=O)c2ccccc2N2C(=O)c3ccccc3[C@H]12. The number of ether oxygens (including phenoxy) is 1. The van der Waals surface area contributed by atoms with Crippen LogP contribution in [0.15, 0.2) is 48.5 Å². The highest BCUT2D eigenvalue weighted by Gasteiger charge is 2.47. The van der Waals surface area contributed by atoms with Gasteiger partial charge in [0.2, 0.25) is 0 Å². The molecule has 0 aliphatic carbocycles. The smallest absolute Gasteiger partial charge is 0.260 e. The Bertz CT molecular complexity index is 818. The van der Waals surface area contributed by atoms with Crippen LogP contribution in [0.3, 0.4) is 0 Å². The van der Waals surface area contributed by atoms with Gasteiger partial charge in [0.15, 0.2) is 0 Å². The summed E-state index contributed by atoms with van der Waals surface area (Å²) in [6, 6.07) is 14.9. The number of para-hydroxylation sites is 1. The summed E-state index contributed by atoms with van der Waals surface area (Å²) in [6.45, 7) is 1.12. The number of methoxy groups -OCH3 is 1. The second-order valence-corrected chi connectivity index (χ2v) is 6.00. The lowest BCUT2D eigenvalue weighted by Crippen LogP contribution is -2.48. The molecule has 0 aromatic heterocycles. The molecule has 0 unspecified atom stereocenters. The van der Waals surface area contributed by atoms with E-state index in [2.05, 4.69) is 0 Å². The molecule has 1 atom stereocenters. The molecule has 0 fully saturated rings. The zero-order valence-electron chi connectivity index (χ0n) is 13.4. The Kier molecular flexibility index (Phi) is 3.58. The summed E-state index contributed by atoms with van der Waals surface area (Å²) in [5.74, 6) is -0.0836. The standard InChI is InChI=1S/C19H18N2O3/c1-24-12-6-11-20-17-13-7-2-3-8-14(13)19(23)21(17)16-10-5-4-9-15(16)18(20)22/h2-5,7-10,17H,6,11-12H2,1H3/t17-/m1/s1. The first-order chi connectivity index (χ1) is 11.7. The Morgan fingerprint density at radius 1 is 0.958 bits per heavy atom. The van der Waals surface area contributed by atoms with Crippen LogP contribution >= 0.6 is 0 Å². The minimum atomic E-state index is -0.368. The van der Waals surface area contributed by atoms with Crippen molar-refractivity contribution in [2.75, 3.05) is 25.2 Å². The molecule has 24 heavy (non-hydrogen) atoms. The molecule has 4 rings (SSSR count). The van der Waals surface area contributed by atoms with Crippen LogP contribution < -0.4 is 4.90 Å². The molecule has 0 spiro atoms. The number of nitrogens with zero attached hydrogens (tertiary/aromatic N) is 2. The molecule has 2 heterocycles. The third-order valence-corrected chi connectivity index (χ3v) is 4.63. The van der Waals surface area contributed by atoms with Crippen molar-refractivity contribution in [1.29, 1.82) is 0 Å². The van der Waals surface area contributed by atoms with Gasteiger partial charge in [-0.1, -0.05) is 30.3 Å². The first-order valence-electron chi connectivity index (χ1n) is 8.05. The molecule has 0 radical (unpaired) electrons. The van der Waals surface area contributed by atoms with Gasteiger partial charge in [0.05, 0.1) is 11.3 Å². The Hall–Kier alpha value is -2.66. The van der Waals surface area contributed by atoms with Gasteiger partial charge in [-0.15, -0.1) is 0 Å². The van der Waals surface area contributed by atoms with Crippen LogP contribution in [-0.4, -0.2) is 37.0 Å². The molecular weight excluding hydrogens is 304 g/mol. The minimum absolute atomic E-state index is 0.0348. The van der Waals surface area contributed by atoms with Crippen molar-refractivity contribution in [2.24, 2.45) is 0 Å². The zero-order chi connectivity index (χ0) is 16.7. The van der Waals surface area contributed by atoms with Gasteiger partial charge in [0, 0.05) is 31.4 Å². The molecule has 0 N–H and O–H groups in total. The number of hydrogen-bond acceptors (Lipinski definition) is 3. The summed E-state index contributed by atoms with van der Waals surface area (Å²) in [5, 5.41) is 0. The average Bonchev–Trinajstić information content (AvgIpc) is 2.91. The molecule has 2 aliphatic rings. The maximum absolute atomic E-state index is 13.0. The molecule has 0 saturated carbocycles. The summed E-state index contributed by atoms with van der Waals surface area (Å²) >= 11 is 0. The fraction of sp³-hybridized carbons (Fsp3) is 0.263. The molecule has 5 heteroatoms. The van der Waals surface area contributed by atoms with Gasteiger partial charge in [0.25, 0.3) is 11.8 Å². The summed E-state index contributed by atoms with van der Waals surface area (Å²) in [4.78, 5) is 29.5. The number of rotatable bonds is 4. The Labute approximate surface area is 140 Å². The lowest BCUT2D eigenvalue weighted by atomic mass is 10.0. The van der Waals surface area contributed by atoms with Gasteiger partial charge in [-0.05, 0) is 24.6 Å². The topological polar surface area (TPSA) is 49.9 Å². The number of hydrogen-bond donors (Lipinski definition) is 0. The van der Waals surface area contributed by atoms with E-state index in [1.807, 2.05) is 42.5 Å². The molecule has 2 aromatic carbocycles. The van der Waals surface area contributed by atoms with E-state index in [4.69, 9.17) is 4.74 Å². The number of fused-ring (bicyclic) bond motifs is 5. The van der Waals surface area contributed by atoms with Crippen molar-refractivity contribution in [3.05, 3.63) is 65.2 Å². The van der Waals surface area contributed by atoms with Crippen LogP contribution in [0.5, 0.6) is 0 Å². The first kappa shape index (κ1) is 14.9. The van der Waals surface area contributed by atoms with Gasteiger partial charge in [-0.2, -0.15) is 0 Å². The highest BCUT2D eigenvalue weighted by molar-refractivity contribution is 6.16. The van der Waals surface area contributed by atoms with E-state index in [0.717, 1.165) is 12.0 Å². The molecule has 2 aliphatic heterocycles. The second-order valence-electron chi connectivity index (χ2n) is 6.00. The van der Waals surface area contributed by atoms with Gasteiger partial charge in [-0.3, -0.25) is 14.5 Å². The third kappa shape index (κ3) is 2.05. The van der Waals surface area contributed by atoms with Crippen LogP contribution in [0.25, 0.3) is 0 Å². The van der Waals surface area contributed by atoms with E-state index in [-0.39, 0.29) is 18.0 Å². The Balaban J connectivity index is 1.84. The lowest BCUT2D eigenvalue weighted by molar-refractivity contribution is 0.0624. The third-order valence-electron chi connectivity index (χ3n) is 4.63. The predicted octanol–water partition coefficient (Wildman–Crippen LogP) is 2.84. The summed E-state index contributed by atoms with van der Waals surface area (Å²) in [6.07, 6.45) is 0.360. The van der Waals surface area contributed by atoms with Gasteiger partial charge >= 0.3 is 0 Å². The van der Waals surface area contributed by atoms with E-state index < -0.39 is 0 Å². The Morgan fingerprint density at radius 3 is 2.46 bits per heavy atom. The summed E-state index contributed by atoms with van der Waals surface area (Å²) in [7, 11) is 1.65. The van der Waals surface area contributed by atoms with Crippen LogP contribution in [0.2, 0.25) is 0 Å². The van der Waals surface area contributed by atoms with Gasteiger partial charge in [-0.25, -0.2) is 0 Å². The minimum Gasteiger partial charge on any atom is -0.385 e. The van der Waals surface area contributed by atoms with Crippen molar-refractivity contribution in [1.82, 2.24) is 4.90 Å². The van der Waals surface area contributed by atoms with E-state index in [1.54, 1.807) is 23.0 Å². The lowest BCUT2D eigenvalue weighted by Gasteiger charge is -2.41. The Morgan fingerprint density at radius 2 is 1.67 bits per heavy atom. The molecule has 2 aromatic rings. The second kappa shape index (κ2) is 5.76. The van der Waals surface area contributed by atoms with Crippen LogP contribution in [0.4, 0.5) is 5.69 Å². The largest absolute Gasteiger partial charge is 0.385 e. The quantitative estimate of drug-likeness (QED) is 0.813. The normalized spacial score (nSPS) is 18.5. The first-order valence-corrected chi connectivity index (χ1v) is 8.05.